The van der Waals surface area contributed by atoms with Crippen molar-refractivity contribution in [3.8, 4) is 0 Å². The van der Waals surface area contributed by atoms with E-state index in [0.29, 0.717) is 11.8 Å². The zero-order valence-corrected chi connectivity index (χ0v) is 23.2. The summed E-state index contributed by atoms with van der Waals surface area (Å²) in [6.45, 7) is 4.60. The van der Waals surface area contributed by atoms with Crippen LogP contribution in [0.3, 0.4) is 0 Å². The maximum atomic E-state index is 4.70. The number of hydrogen-bond acceptors (Lipinski definition) is 2. The zero-order chi connectivity index (χ0) is 24.8. The monoisotopic (exact) mass is 479 g/mol. The van der Waals surface area contributed by atoms with E-state index in [0.717, 1.165) is 12.6 Å². The standard InChI is InChI=1S/C33H55N2/c1-3-5-7-9-10-11-12-13-14-15-17-22-26-32(33-34-27-28-35-33)31(25-21-16-8-6-4-2)29-30-23-19-18-20-24-30/h18-20,23-24,27-28,31-32H,3-17,21-22,25-26,29H2,1-2H3/q+1. The molecule has 0 saturated heterocycles. The second-order valence-electron chi connectivity index (χ2n) is 10.9. The largest absolute Gasteiger partial charge is 0.244 e. The second kappa shape index (κ2) is 20.6. The Morgan fingerprint density at radius 1 is 0.571 bits per heavy atom. The average Bonchev–Trinajstić information content (AvgIpc) is 3.41. The quantitative estimate of drug-likeness (QED) is 0.110. The molecule has 0 spiro atoms. The van der Waals surface area contributed by atoms with Crippen LogP contribution in [0.1, 0.15) is 141 Å². The highest BCUT2D eigenvalue weighted by molar-refractivity contribution is 6.18. The lowest BCUT2D eigenvalue weighted by Crippen LogP contribution is -2.22. The van der Waals surface area contributed by atoms with E-state index >= 15 is 0 Å². The molecular formula is C33H55N2+. The van der Waals surface area contributed by atoms with Crippen molar-refractivity contribution in [3.05, 3.63) is 42.1 Å². The van der Waals surface area contributed by atoms with Crippen molar-refractivity contribution in [2.75, 3.05) is 0 Å². The molecule has 0 radical (unpaired) electrons. The van der Waals surface area contributed by atoms with E-state index < -0.39 is 0 Å². The Balaban J connectivity index is 1.76. The predicted molar refractivity (Wildman–Crippen MR) is 156 cm³/mol. The van der Waals surface area contributed by atoms with Crippen molar-refractivity contribution in [1.29, 1.82) is 0 Å². The summed E-state index contributed by atoms with van der Waals surface area (Å²) in [4.78, 5) is 9.40. The highest BCUT2D eigenvalue weighted by atomic mass is 15.0. The minimum absolute atomic E-state index is 0.500. The van der Waals surface area contributed by atoms with Crippen LogP contribution in [0.2, 0.25) is 0 Å². The number of rotatable bonds is 23. The van der Waals surface area contributed by atoms with E-state index in [9.17, 15) is 0 Å². The minimum Gasteiger partial charge on any atom is -0.0965 e. The van der Waals surface area contributed by atoms with Gasteiger partial charge in [0.1, 0.15) is 0 Å². The summed E-state index contributed by atoms with van der Waals surface area (Å²) in [5.74, 6) is 1.15. The predicted octanol–water partition coefficient (Wildman–Crippen LogP) is 10.6. The van der Waals surface area contributed by atoms with Crippen LogP contribution in [-0.2, 0) is 6.42 Å². The van der Waals surface area contributed by atoms with Crippen LogP contribution in [0.25, 0.3) is 0 Å². The van der Waals surface area contributed by atoms with Gasteiger partial charge in [-0.15, -0.1) is 0 Å². The van der Waals surface area contributed by atoms with Crippen molar-refractivity contribution in [1.82, 2.24) is 0 Å². The van der Waals surface area contributed by atoms with E-state index in [1.807, 2.05) is 12.4 Å². The van der Waals surface area contributed by atoms with Crippen LogP contribution in [0.4, 0.5) is 0 Å². The second-order valence-corrected chi connectivity index (χ2v) is 10.9. The molecule has 0 N–H and O–H groups in total. The molecule has 196 valence electrons. The Morgan fingerprint density at radius 2 is 1.03 bits per heavy atom. The first-order valence-corrected chi connectivity index (χ1v) is 15.3. The van der Waals surface area contributed by atoms with Crippen molar-refractivity contribution >= 4 is 12.4 Å². The first kappa shape index (κ1) is 29.7. The molecule has 1 aromatic carbocycles. The van der Waals surface area contributed by atoms with E-state index in [4.69, 9.17) is 9.98 Å². The molecule has 0 aromatic heterocycles. The van der Waals surface area contributed by atoms with Crippen molar-refractivity contribution < 1.29 is 0 Å². The molecule has 2 unspecified atom stereocenters. The van der Waals surface area contributed by atoms with Crippen LogP contribution in [0.5, 0.6) is 0 Å². The van der Waals surface area contributed by atoms with Gasteiger partial charge >= 0.3 is 0 Å². The van der Waals surface area contributed by atoms with Gasteiger partial charge in [-0.3, -0.25) is 0 Å². The van der Waals surface area contributed by atoms with Gasteiger partial charge in [-0.05, 0) is 30.7 Å². The Kier molecular flexibility index (Phi) is 17.5. The Hall–Kier alpha value is -1.57. The Bertz CT molecular complexity index is 638. The highest BCUT2D eigenvalue weighted by Gasteiger charge is 2.35. The average molecular weight is 480 g/mol. The van der Waals surface area contributed by atoms with Crippen LogP contribution >= 0.6 is 0 Å². The zero-order valence-electron chi connectivity index (χ0n) is 23.2. The third-order valence-electron chi connectivity index (χ3n) is 7.77. The first-order valence-electron chi connectivity index (χ1n) is 15.3. The molecule has 2 nitrogen and oxygen atoms in total. The third-order valence-corrected chi connectivity index (χ3v) is 7.77. The van der Waals surface area contributed by atoms with Gasteiger partial charge in [0.25, 0.3) is 0 Å². The lowest BCUT2D eigenvalue weighted by Gasteiger charge is -2.26. The highest BCUT2D eigenvalue weighted by Crippen LogP contribution is 2.37. The summed E-state index contributed by atoms with van der Waals surface area (Å²) in [7, 11) is 0. The van der Waals surface area contributed by atoms with E-state index in [2.05, 4.69) is 44.2 Å². The molecule has 2 heteroatoms. The summed E-state index contributed by atoms with van der Waals surface area (Å²) in [5, 5.41) is 0. The first-order chi connectivity index (χ1) is 17.3. The number of nitrogens with zero attached hydrogens (tertiary/aromatic N) is 2. The Morgan fingerprint density at radius 3 is 1.54 bits per heavy atom. The van der Waals surface area contributed by atoms with Gasteiger partial charge < -0.3 is 0 Å². The number of hydrogen-bond donors (Lipinski definition) is 0. The minimum atomic E-state index is 0.500. The van der Waals surface area contributed by atoms with Crippen molar-refractivity contribution in [2.45, 2.75) is 142 Å². The topological polar surface area (TPSA) is 24.7 Å². The molecular weight excluding hydrogens is 424 g/mol. The van der Waals surface area contributed by atoms with Gasteiger partial charge in [-0.2, -0.15) is 0 Å². The van der Waals surface area contributed by atoms with Crippen LogP contribution < -0.4 is 0 Å². The maximum absolute atomic E-state index is 4.70. The number of unbranched alkanes of at least 4 members (excludes halogenated alkanes) is 15. The van der Waals surface area contributed by atoms with E-state index in [1.54, 1.807) is 0 Å². The van der Waals surface area contributed by atoms with Gasteiger partial charge in [0.05, 0.1) is 5.92 Å². The molecule has 0 saturated carbocycles. The summed E-state index contributed by atoms with van der Waals surface area (Å²) in [6.07, 6.45) is 32.3. The molecule has 0 fully saturated rings. The summed E-state index contributed by atoms with van der Waals surface area (Å²) in [5.41, 5.74) is 1.47. The van der Waals surface area contributed by atoms with Gasteiger partial charge in [0.15, 0.2) is 12.4 Å². The van der Waals surface area contributed by atoms with Gasteiger partial charge in [0, 0.05) is 0 Å². The molecule has 35 heavy (non-hydrogen) atoms. The summed E-state index contributed by atoms with van der Waals surface area (Å²) < 4.78 is 0. The molecule has 1 aliphatic rings. The number of aliphatic imine (C=N–C) groups is 2. The SMILES string of the molecule is CCCCCCCCCCCCCCC([C+]1N=CC=N1)C(CCCCCCC)Cc1ccccc1. The fourth-order valence-corrected chi connectivity index (χ4v) is 5.60. The fraction of sp³-hybridized carbons (Fsp3) is 0.727. The molecule has 1 aliphatic heterocycles. The summed E-state index contributed by atoms with van der Waals surface area (Å²) >= 11 is 0. The fourth-order valence-electron chi connectivity index (χ4n) is 5.60. The normalized spacial score (nSPS) is 14.6. The molecule has 0 amide bonds. The van der Waals surface area contributed by atoms with E-state index in [1.165, 1.54) is 128 Å². The molecule has 1 aromatic rings. The van der Waals surface area contributed by atoms with Gasteiger partial charge in [-0.25, -0.2) is 0 Å². The van der Waals surface area contributed by atoms with Crippen LogP contribution in [0, 0.1) is 18.0 Å². The lowest BCUT2D eigenvalue weighted by molar-refractivity contribution is 0.284. The maximum Gasteiger partial charge on any atom is 0.244 e. The third kappa shape index (κ3) is 13.9. The number of benzene rings is 1. The molecule has 2 atom stereocenters. The van der Waals surface area contributed by atoms with Crippen LogP contribution in [-0.4, -0.2) is 12.4 Å². The summed E-state index contributed by atoms with van der Waals surface area (Å²) in [6, 6.07) is 11.1. The molecule has 0 bridgehead atoms. The van der Waals surface area contributed by atoms with Gasteiger partial charge in [-0.1, -0.05) is 163 Å². The molecule has 2 rings (SSSR count). The van der Waals surface area contributed by atoms with Crippen molar-refractivity contribution in [2.24, 2.45) is 21.8 Å². The molecule has 0 aliphatic carbocycles. The van der Waals surface area contributed by atoms with Crippen molar-refractivity contribution in [3.63, 3.8) is 0 Å². The molecule has 1 heterocycles. The lowest BCUT2D eigenvalue weighted by atomic mass is 9.78. The van der Waals surface area contributed by atoms with E-state index in [-0.39, 0.29) is 0 Å². The van der Waals surface area contributed by atoms with Crippen LogP contribution in [0.15, 0.2) is 40.3 Å². The smallest absolute Gasteiger partial charge is 0.0965 e. The Labute approximate surface area is 218 Å². The van der Waals surface area contributed by atoms with Gasteiger partial charge in [0.2, 0.25) is 6.17 Å².